The fourth-order valence-electron chi connectivity index (χ4n) is 1.57. The van der Waals surface area contributed by atoms with Gasteiger partial charge in [0.2, 0.25) is 0 Å². The first-order valence-corrected chi connectivity index (χ1v) is 5.88. The van der Waals surface area contributed by atoms with Gasteiger partial charge in [0.15, 0.2) is 0 Å². The average molecular weight is 248 g/mol. The molecule has 90 valence electrons. The zero-order chi connectivity index (χ0) is 12.1. The predicted molar refractivity (Wildman–Crippen MR) is 64.1 cm³/mol. The standard InChI is InChI=1S/C12H16ClF2N/c1-3-4-5-16(2)12-10(14)6-9(8-13)7-11(12)15/h6-7H,3-5,8H2,1-2H3. The van der Waals surface area contributed by atoms with E-state index in [9.17, 15) is 8.78 Å². The third kappa shape index (κ3) is 3.08. The van der Waals surface area contributed by atoms with Crippen LogP contribution in [0.5, 0.6) is 0 Å². The highest BCUT2D eigenvalue weighted by Gasteiger charge is 2.14. The summed E-state index contributed by atoms with van der Waals surface area (Å²) in [5.74, 6) is -0.976. The van der Waals surface area contributed by atoms with Crippen molar-refractivity contribution in [1.29, 1.82) is 0 Å². The lowest BCUT2D eigenvalue weighted by Crippen LogP contribution is -2.21. The first kappa shape index (κ1) is 13.2. The quantitative estimate of drug-likeness (QED) is 0.713. The van der Waals surface area contributed by atoms with Crippen LogP contribution in [-0.2, 0) is 5.88 Å². The Bertz CT molecular complexity index is 332. The Balaban J connectivity index is 2.95. The largest absolute Gasteiger partial charge is 0.370 e. The highest BCUT2D eigenvalue weighted by molar-refractivity contribution is 6.17. The van der Waals surface area contributed by atoms with Gasteiger partial charge in [0.1, 0.15) is 17.3 Å². The van der Waals surface area contributed by atoms with Crippen LogP contribution in [0.4, 0.5) is 14.5 Å². The van der Waals surface area contributed by atoms with Gasteiger partial charge in [0.25, 0.3) is 0 Å². The maximum absolute atomic E-state index is 13.6. The molecular weight excluding hydrogens is 232 g/mol. The molecule has 0 heterocycles. The van der Waals surface area contributed by atoms with Crippen LogP contribution in [0.15, 0.2) is 12.1 Å². The van der Waals surface area contributed by atoms with E-state index in [1.165, 1.54) is 12.1 Å². The Hall–Kier alpha value is -0.830. The number of alkyl halides is 1. The monoisotopic (exact) mass is 247 g/mol. The molecule has 4 heteroatoms. The molecule has 0 saturated carbocycles. The van der Waals surface area contributed by atoms with E-state index in [4.69, 9.17) is 11.6 Å². The van der Waals surface area contributed by atoms with Crippen molar-refractivity contribution in [3.8, 4) is 0 Å². The molecule has 0 radical (unpaired) electrons. The van der Waals surface area contributed by atoms with Gasteiger partial charge in [-0.05, 0) is 24.1 Å². The second kappa shape index (κ2) is 6.04. The highest BCUT2D eigenvalue weighted by atomic mass is 35.5. The van der Waals surface area contributed by atoms with E-state index >= 15 is 0 Å². The Morgan fingerprint density at radius 1 is 1.25 bits per heavy atom. The lowest BCUT2D eigenvalue weighted by molar-refractivity contribution is 0.572. The molecule has 0 N–H and O–H groups in total. The lowest BCUT2D eigenvalue weighted by atomic mass is 10.2. The third-order valence-electron chi connectivity index (χ3n) is 2.46. The summed E-state index contributed by atoms with van der Waals surface area (Å²) < 4.78 is 27.3. The van der Waals surface area contributed by atoms with Gasteiger partial charge in [-0.15, -0.1) is 11.6 Å². The molecule has 0 aliphatic carbocycles. The number of anilines is 1. The fraction of sp³-hybridized carbons (Fsp3) is 0.500. The summed E-state index contributed by atoms with van der Waals surface area (Å²) in [6.45, 7) is 2.68. The molecule has 0 saturated heterocycles. The highest BCUT2D eigenvalue weighted by Crippen LogP contribution is 2.25. The van der Waals surface area contributed by atoms with Crippen molar-refractivity contribution in [3.63, 3.8) is 0 Å². The zero-order valence-electron chi connectivity index (χ0n) is 9.56. The molecule has 1 aromatic rings. The SMILES string of the molecule is CCCCN(C)c1c(F)cc(CCl)cc1F. The normalized spacial score (nSPS) is 10.6. The van der Waals surface area contributed by atoms with Gasteiger partial charge in [-0.2, -0.15) is 0 Å². The van der Waals surface area contributed by atoms with Crippen LogP contribution < -0.4 is 4.90 Å². The Morgan fingerprint density at radius 2 is 1.81 bits per heavy atom. The molecule has 0 unspecified atom stereocenters. The maximum Gasteiger partial charge on any atom is 0.149 e. The van der Waals surface area contributed by atoms with Gasteiger partial charge >= 0.3 is 0 Å². The van der Waals surface area contributed by atoms with Crippen molar-refractivity contribution < 1.29 is 8.78 Å². The van der Waals surface area contributed by atoms with Gasteiger partial charge in [0, 0.05) is 19.5 Å². The van der Waals surface area contributed by atoms with E-state index < -0.39 is 11.6 Å². The summed E-state index contributed by atoms with van der Waals surface area (Å²) in [6, 6.07) is 2.57. The third-order valence-corrected chi connectivity index (χ3v) is 2.77. The van der Waals surface area contributed by atoms with Crippen LogP contribution >= 0.6 is 11.6 Å². The molecule has 0 aromatic heterocycles. The molecule has 1 nitrogen and oxygen atoms in total. The number of nitrogens with zero attached hydrogens (tertiary/aromatic N) is 1. The van der Waals surface area contributed by atoms with Crippen LogP contribution in [0.3, 0.4) is 0 Å². The summed E-state index contributed by atoms with van der Waals surface area (Å²) >= 11 is 5.54. The number of benzene rings is 1. The first-order chi connectivity index (χ1) is 7.60. The topological polar surface area (TPSA) is 3.24 Å². The number of rotatable bonds is 5. The summed E-state index contributed by atoms with van der Waals surface area (Å²) in [5.41, 5.74) is 0.492. The lowest BCUT2D eigenvalue weighted by Gasteiger charge is -2.20. The van der Waals surface area contributed by atoms with Crippen molar-refractivity contribution in [3.05, 3.63) is 29.3 Å². The molecule has 0 fully saturated rings. The van der Waals surface area contributed by atoms with Crippen LogP contribution in [0, 0.1) is 11.6 Å². The second-order valence-corrected chi connectivity index (χ2v) is 4.08. The van der Waals surface area contributed by atoms with Crippen molar-refractivity contribution >= 4 is 17.3 Å². The number of unbranched alkanes of at least 4 members (excludes halogenated alkanes) is 1. The van der Waals surface area contributed by atoms with E-state index in [2.05, 4.69) is 0 Å². The average Bonchev–Trinajstić information content (AvgIpc) is 2.25. The molecule has 1 rings (SSSR count). The second-order valence-electron chi connectivity index (χ2n) is 3.82. The Kier molecular flexibility index (Phi) is 5.00. The fourth-order valence-corrected chi connectivity index (χ4v) is 1.72. The van der Waals surface area contributed by atoms with Gasteiger partial charge in [0.05, 0.1) is 0 Å². The summed E-state index contributed by atoms with van der Waals surface area (Å²) in [7, 11) is 1.69. The minimum absolute atomic E-state index is 0.0299. The number of hydrogen-bond acceptors (Lipinski definition) is 1. The zero-order valence-corrected chi connectivity index (χ0v) is 10.3. The van der Waals surface area contributed by atoms with Crippen LogP contribution in [0.1, 0.15) is 25.3 Å². The van der Waals surface area contributed by atoms with Gasteiger partial charge < -0.3 is 4.90 Å². The number of halogens is 3. The van der Waals surface area contributed by atoms with Crippen molar-refractivity contribution in [2.24, 2.45) is 0 Å². The number of hydrogen-bond donors (Lipinski definition) is 0. The van der Waals surface area contributed by atoms with Crippen molar-refractivity contribution in [2.45, 2.75) is 25.6 Å². The molecule has 0 atom stereocenters. The van der Waals surface area contributed by atoms with E-state index in [1.807, 2.05) is 6.92 Å². The molecule has 0 bridgehead atoms. The van der Waals surface area contributed by atoms with E-state index in [1.54, 1.807) is 11.9 Å². The van der Waals surface area contributed by atoms with Gasteiger partial charge in [-0.1, -0.05) is 13.3 Å². The van der Waals surface area contributed by atoms with Crippen molar-refractivity contribution in [2.75, 3.05) is 18.5 Å². The van der Waals surface area contributed by atoms with E-state index in [0.717, 1.165) is 12.8 Å². The van der Waals surface area contributed by atoms with E-state index in [-0.39, 0.29) is 11.6 Å². The summed E-state index contributed by atoms with van der Waals surface area (Å²) in [6.07, 6.45) is 1.90. The minimum atomic E-state index is -0.547. The Morgan fingerprint density at radius 3 is 2.25 bits per heavy atom. The smallest absolute Gasteiger partial charge is 0.149 e. The van der Waals surface area contributed by atoms with Gasteiger partial charge in [-0.3, -0.25) is 0 Å². The molecular formula is C12H16ClF2N. The molecule has 16 heavy (non-hydrogen) atoms. The van der Waals surface area contributed by atoms with Gasteiger partial charge in [-0.25, -0.2) is 8.78 Å². The van der Waals surface area contributed by atoms with E-state index in [0.29, 0.717) is 12.1 Å². The van der Waals surface area contributed by atoms with Crippen LogP contribution in [0.2, 0.25) is 0 Å². The minimum Gasteiger partial charge on any atom is -0.370 e. The van der Waals surface area contributed by atoms with Crippen molar-refractivity contribution in [1.82, 2.24) is 0 Å². The predicted octanol–water partition coefficient (Wildman–Crippen LogP) is 3.94. The molecule has 0 amide bonds. The molecule has 0 spiro atoms. The molecule has 0 aliphatic rings. The maximum atomic E-state index is 13.6. The van der Waals surface area contributed by atoms with Crippen LogP contribution in [0.25, 0.3) is 0 Å². The molecule has 0 aliphatic heterocycles. The van der Waals surface area contributed by atoms with Crippen LogP contribution in [-0.4, -0.2) is 13.6 Å². The first-order valence-electron chi connectivity index (χ1n) is 5.35. The Labute approximate surface area is 100 Å². The molecule has 1 aromatic carbocycles. The summed E-state index contributed by atoms with van der Waals surface area (Å²) in [5, 5.41) is 0. The summed E-state index contributed by atoms with van der Waals surface area (Å²) in [4.78, 5) is 1.60.